The Hall–Kier alpha value is -0.275. The molecule has 0 aromatic carbocycles. The molecule has 124 valence electrons. The van der Waals surface area contributed by atoms with Gasteiger partial charge in [0.25, 0.3) is 0 Å². The van der Waals surface area contributed by atoms with Crippen LogP contribution in [0.25, 0.3) is 0 Å². The number of allylic oxidation sites excluding steroid dienone is 2. The second-order valence-corrected chi connectivity index (χ2v) is 8.92. The predicted octanol–water partition coefficient (Wildman–Crippen LogP) is 5.17. The van der Waals surface area contributed by atoms with Crippen molar-refractivity contribution in [2.75, 3.05) is 0 Å². The Morgan fingerprint density at radius 3 is 2.00 bits per heavy atom. The van der Waals surface area contributed by atoms with E-state index in [4.69, 9.17) is 9.31 Å². The van der Waals surface area contributed by atoms with E-state index in [1.807, 2.05) is 0 Å². The van der Waals surface area contributed by atoms with E-state index in [9.17, 15) is 0 Å². The number of hydrogen-bond acceptors (Lipinski definition) is 2. The van der Waals surface area contributed by atoms with Crippen molar-refractivity contribution in [3.8, 4) is 0 Å². The molecular formula is C19H33BO2. The predicted molar refractivity (Wildman–Crippen MR) is 92.6 cm³/mol. The highest BCUT2D eigenvalue weighted by Gasteiger charge is 2.52. The summed E-state index contributed by atoms with van der Waals surface area (Å²) in [7, 11) is -0.114. The van der Waals surface area contributed by atoms with Crippen LogP contribution in [0.5, 0.6) is 0 Å². The third kappa shape index (κ3) is 3.17. The molecule has 3 heteroatoms. The van der Waals surface area contributed by atoms with Gasteiger partial charge in [-0.3, -0.25) is 0 Å². The van der Waals surface area contributed by atoms with Crippen molar-refractivity contribution in [3.05, 3.63) is 11.5 Å². The standard InChI is InChI=1S/C19H33BO2/c1-14-6-8-15(9-7-14)16-10-12-17(13-11-16)20-21-18(2,3)19(4,5)22-20/h12,14-16H,6-11,13H2,1-5H3. The maximum absolute atomic E-state index is 6.21. The summed E-state index contributed by atoms with van der Waals surface area (Å²) in [5, 5.41) is 0. The van der Waals surface area contributed by atoms with Crippen molar-refractivity contribution in [3.63, 3.8) is 0 Å². The molecule has 1 aliphatic heterocycles. The summed E-state index contributed by atoms with van der Waals surface area (Å²) in [5.41, 5.74) is 0.961. The van der Waals surface area contributed by atoms with Crippen LogP contribution in [-0.2, 0) is 9.31 Å². The van der Waals surface area contributed by atoms with Crippen molar-refractivity contribution in [2.24, 2.45) is 17.8 Å². The Morgan fingerprint density at radius 1 is 0.909 bits per heavy atom. The molecule has 0 radical (unpaired) electrons. The van der Waals surface area contributed by atoms with Gasteiger partial charge < -0.3 is 9.31 Å². The summed E-state index contributed by atoms with van der Waals surface area (Å²) in [6.45, 7) is 11.0. The first-order valence-electron chi connectivity index (χ1n) is 9.33. The average Bonchev–Trinajstić information content (AvgIpc) is 2.68. The quantitative estimate of drug-likeness (QED) is 0.655. The molecule has 1 saturated carbocycles. The molecule has 3 aliphatic rings. The van der Waals surface area contributed by atoms with Gasteiger partial charge in [-0.1, -0.05) is 25.8 Å². The minimum atomic E-state index is -0.213. The molecule has 2 fully saturated rings. The van der Waals surface area contributed by atoms with Gasteiger partial charge >= 0.3 is 7.12 Å². The van der Waals surface area contributed by atoms with Gasteiger partial charge in [0, 0.05) is 0 Å². The van der Waals surface area contributed by atoms with Gasteiger partial charge in [0.1, 0.15) is 0 Å². The van der Waals surface area contributed by atoms with E-state index in [2.05, 4.69) is 40.7 Å². The van der Waals surface area contributed by atoms with Crippen molar-refractivity contribution in [1.82, 2.24) is 0 Å². The van der Waals surface area contributed by atoms with Crippen LogP contribution in [0, 0.1) is 17.8 Å². The van der Waals surface area contributed by atoms with E-state index in [1.54, 1.807) is 0 Å². The van der Waals surface area contributed by atoms with Gasteiger partial charge in [-0.05, 0) is 83.0 Å². The van der Waals surface area contributed by atoms with Gasteiger partial charge in [0.15, 0.2) is 0 Å². The Labute approximate surface area is 137 Å². The minimum absolute atomic E-state index is 0.114. The third-order valence-corrected chi connectivity index (χ3v) is 6.77. The fraction of sp³-hybridized carbons (Fsp3) is 0.895. The Morgan fingerprint density at radius 2 is 1.50 bits per heavy atom. The summed E-state index contributed by atoms with van der Waals surface area (Å²) in [4.78, 5) is 0. The molecule has 0 N–H and O–H groups in total. The molecular weight excluding hydrogens is 271 g/mol. The summed E-state index contributed by atoms with van der Waals surface area (Å²) >= 11 is 0. The van der Waals surface area contributed by atoms with Crippen molar-refractivity contribution < 1.29 is 9.31 Å². The van der Waals surface area contributed by atoms with Gasteiger partial charge in [0.05, 0.1) is 11.2 Å². The maximum Gasteiger partial charge on any atom is 0.490 e. The normalized spacial score (nSPS) is 38.0. The zero-order chi connectivity index (χ0) is 16.0. The highest BCUT2D eigenvalue weighted by Crippen LogP contribution is 2.43. The van der Waals surface area contributed by atoms with Crippen LogP contribution in [0.1, 0.15) is 79.6 Å². The average molecular weight is 304 g/mol. The second kappa shape index (κ2) is 5.98. The van der Waals surface area contributed by atoms with E-state index in [0.29, 0.717) is 0 Å². The maximum atomic E-state index is 6.21. The zero-order valence-electron chi connectivity index (χ0n) is 15.2. The lowest BCUT2D eigenvalue weighted by molar-refractivity contribution is 0.00578. The topological polar surface area (TPSA) is 18.5 Å². The zero-order valence-corrected chi connectivity index (χ0v) is 15.2. The molecule has 0 spiro atoms. The van der Waals surface area contributed by atoms with E-state index >= 15 is 0 Å². The van der Waals surface area contributed by atoms with E-state index in [-0.39, 0.29) is 18.3 Å². The fourth-order valence-electron chi connectivity index (χ4n) is 4.27. The first kappa shape index (κ1) is 16.6. The fourth-order valence-corrected chi connectivity index (χ4v) is 4.27. The number of rotatable bonds is 2. The molecule has 2 nitrogen and oxygen atoms in total. The van der Waals surface area contributed by atoms with Crippen LogP contribution in [0.15, 0.2) is 11.5 Å². The third-order valence-electron chi connectivity index (χ3n) is 6.77. The number of hydrogen-bond donors (Lipinski definition) is 0. The van der Waals surface area contributed by atoms with Crippen LogP contribution in [0.3, 0.4) is 0 Å². The lowest BCUT2D eigenvalue weighted by atomic mass is 9.66. The van der Waals surface area contributed by atoms with E-state index in [1.165, 1.54) is 44.0 Å². The van der Waals surface area contributed by atoms with Gasteiger partial charge in [-0.25, -0.2) is 0 Å². The summed E-state index contributed by atoms with van der Waals surface area (Å²) < 4.78 is 12.4. The molecule has 1 atom stereocenters. The Kier molecular flexibility index (Phi) is 4.51. The highest BCUT2D eigenvalue weighted by atomic mass is 16.7. The molecule has 2 aliphatic carbocycles. The van der Waals surface area contributed by atoms with Crippen LogP contribution in [0.4, 0.5) is 0 Å². The Balaban J connectivity index is 1.58. The summed E-state index contributed by atoms with van der Waals surface area (Å²) in [6, 6.07) is 0. The second-order valence-electron chi connectivity index (χ2n) is 8.92. The smallest absolute Gasteiger partial charge is 0.400 e. The summed E-state index contributed by atoms with van der Waals surface area (Å²) in [6.07, 6.45) is 11.9. The summed E-state index contributed by atoms with van der Waals surface area (Å²) in [5.74, 6) is 2.82. The van der Waals surface area contributed by atoms with E-state index in [0.717, 1.165) is 24.2 Å². The first-order valence-corrected chi connectivity index (χ1v) is 9.33. The van der Waals surface area contributed by atoms with Gasteiger partial charge in [-0.15, -0.1) is 0 Å². The van der Waals surface area contributed by atoms with Crippen LogP contribution in [-0.4, -0.2) is 18.3 Å². The van der Waals surface area contributed by atoms with Crippen molar-refractivity contribution in [2.45, 2.75) is 90.8 Å². The lowest BCUT2D eigenvalue weighted by Crippen LogP contribution is -2.41. The largest absolute Gasteiger partial charge is 0.490 e. The minimum Gasteiger partial charge on any atom is -0.400 e. The molecule has 3 rings (SSSR count). The van der Waals surface area contributed by atoms with E-state index < -0.39 is 0 Å². The monoisotopic (exact) mass is 304 g/mol. The van der Waals surface area contributed by atoms with Gasteiger partial charge in [0.2, 0.25) is 0 Å². The van der Waals surface area contributed by atoms with Crippen LogP contribution < -0.4 is 0 Å². The first-order chi connectivity index (χ1) is 10.3. The van der Waals surface area contributed by atoms with Gasteiger partial charge in [-0.2, -0.15) is 0 Å². The highest BCUT2D eigenvalue weighted by molar-refractivity contribution is 6.54. The van der Waals surface area contributed by atoms with Crippen LogP contribution >= 0.6 is 0 Å². The Bertz CT molecular complexity index is 417. The molecule has 22 heavy (non-hydrogen) atoms. The molecule has 0 amide bonds. The van der Waals surface area contributed by atoms with Crippen molar-refractivity contribution >= 4 is 7.12 Å². The molecule has 1 unspecified atom stereocenters. The molecule has 0 aromatic heterocycles. The molecule has 0 aromatic rings. The lowest BCUT2D eigenvalue weighted by Gasteiger charge is -2.34. The SMILES string of the molecule is CC1CCC(C2CC=C(B3OC(C)(C)C(C)(C)O3)CC2)CC1. The molecule has 1 saturated heterocycles. The molecule has 1 heterocycles. The van der Waals surface area contributed by atoms with Crippen molar-refractivity contribution in [1.29, 1.82) is 0 Å². The van der Waals surface area contributed by atoms with Crippen LogP contribution in [0.2, 0.25) is 0 Å². The molecule has 0 bridgehead atoms.